The van der Waals surface area contributed by atoms with Crippen LogP contribution in [0.1, 0.15) is 5.56 Å². The van der Waals surface area contributed by atoms with Gasteiger partial charge in [0.1, 0.15) is 11.9 Å². The number of primary amides is 1. The molecule has 0 spiro atoms. The normalized spacial score (nSPS) is 11.8. The third-order valence-electron chi connectivity index (χ3n) is 2.10. The van der Waals surface area contributed by atoms with Crippen LogP contribution >= 0.6 is 0 Å². The molecule has 1 aromatic rings. The van der Waals surface area contributed by atoms with Crippen LogP contribution in [0.4, 0.5) is 0 Å². The molecule has 0 saturated carbocycles. The van der Waals surface area contributed by atoms with Crippen molar-refractivity contribution in [2.75, 3.05) is 6.54 Å². The molecule has 1 unspecified atom stereocenters. The number of nitrogens with one attached hydrogen (secondary N) is 1. The van der Waals surface area contributed by atoms with Gasteiger partial charge in [-0.3, -0.25) is 9.59 Å². The number of nitrogens with two attached hydrogens (primary N) is 1. The van der Waals surface area contributed by atoms with E-state index in [-0.39, 0.29) is 24.6 Å². The molecule has 0 aliphatic carbocycles. The highest BCUT2D eigenvalue weighted by Gasteiger charge is 2.12. The number of aromatic hydroxyl groups is 1. The molecule has 0 heterocycles. The number of phenolic OH excluding ortho intramolecular Hbond substituents is 1. The molecule has 2 amide bonds. The third kappa shape index (κ3) is 4.52. The van der Waals surface area contributed by atoms with Crippen molar-refractivity contribution in [3.63, 3.8) is 0 Å². The fourth-order valence-corrected chi connectivity index (χ4v) is 1.23. The average molecular weight is 238 g/mol. The van der Waals surface area contributed by atoms with Crippen molar-refractivity contribution in [2.45, 2.75) is 12.5 Å². The molecule has 0 bridgehead atoms. The van der Waals surface area contributed by atoms with Gasteiger partial charge in [0, 0.05) is 0 Å². The summed E-state index contributed by atoms with van der Waals surface area (Å²) in [7, 11) is 0. The van der Waals surface area contributed by atoms with Crippen molar-refractivity contribution in [1.29, 1.82) is 0 Å². The Labute approximate surface area is 98.1 Å². The van der Waals surface area contributed by atoms with Crippen molar-refractivity contribution in [2.24, 2.45) is 5.73 Å². The van der Waals surface area contributed by atoms with E-state index in [0.717, 1.165) is 0 Å². The first-order chi connectivity index (χ1) is 7.99. The van der Waals surface area contributed by atoms with Crippen LogP contribution in [0.15, 0.2) is 24.3 Å². The summed E-state index contributed by atoms with van der Waals surface area (Å²) in [4.78, 5) is 21.9. The van der Waals surface area contributed by atoms with Crippen molar-refractivity contribution in [3.8, 4) is 5.75 Å². The molecule has 17 heavy (non-hydrogen) atoms. The van der Waals surface area contributed by atoms with Gasteiger partial charge in [0.05, 0.1) is 13.0 Å². The van der Waals surface area contributed by atoms with Crippen molar-refractivity contribution in [1.82, 2.24) is 5.32 Å². The molecule has 6 heteroatoms. The zero-order valence-electron chi connectivity index (χ0n) is 9.09. The first kappa shape index (κ1) is 13.0. The number of aliphatic hydroxyl groups is 1. The van der Waals surface area contributed by atoms with Gasteiger partial charge in [-0.1, -0.05) is 12.1 Å². The summed E-state index contributed by atoms with van der Waals surface area (Å²) in [5.74, 6) is -1.17. The maximum absolute atomic E-state index is 11.4. The number of hydrogen-bond donors (Lipinski definition) is 4. The van der Waals surface area contributed by atoms with Crippen LogP contribution < -0.4 is 11.1 Å². The lowest BCUT2D eigenvalue weighted by Crippen LogP contribution is -2.40. The molecule has 92 valence electrons. The Morgan fingerprint density at radius 3 is 2.71 bits per heavy atom. The van der Waals surface area contributed by atoms with E-state index >= 15 is 0 Å². The Morgan fingerprint density at radius 2 is 2.12 bits per heavy atom. The van der Waals surface area contributed by atoms with Crippen LogP contribution in [-0.4, -0.2) is 34.7 Å². The minimum absolute atomic E-state index is 0.0554. The number of phenols is 1. The highest BCUT2D eigenvalue weighted by molar-refractivity contribution is 5.81. The van der Waals surface area contributed by atoms with Gasteiger partial charge in [-0.05, 0) is 17.7 Å². The lowest BCUT2D eigenvalue weighted by Gasteiger charge is -2.08. The van der Waals surface area contributed by atoms with Crippen molar-refractivity contribution < 1.29 is 19.8 Å². The second-order valence-electron chi connectivity index (χ2n) is 3.57. The summed E-state index contributed by atoms with van der Waals surface area (Å²) >= 11 is 0. The third-order valence-corrected chi connectivity index (χ3v) is 2.10. The molecular formula is C11H14N2O4. The maximum atomic E-state index is 11.4. The Balaban J connectivity index is 2.42. The van der Waals surface area contributed by atoms with Crippen LogP contribution in [-0.2, 0) is 16.0 Å². The number of amides is 2. The van der Waals surface area contributed by atoms with Gasteiger partial charge in [0.2, 0.25) is 11.8 Å². The maximum Gasteiger partial charge on any atom is 0.248 e. The quantitative estimate of drug-likeness (QED) is 0.521. The molecule has 6 nitrogen and oxygen atoms in total. The van der Waals surface area contributed by atoms with E-state index in [1.54, 1.807) is 12.1 Å². The topological polar surface area (TPSA) is 113 Å². The van der Waals surface area contributed by atoms with E-state index in [1.807, 2.05) is 0 Å². The van der Waals surface area contributed by atoms with Gasteiger partial charge in [0.15, 0.2) is 0 Å². The Kier molecular flexibility index (Phi) is 4.47. The Morgan fingerprint density at radius 1 is 1.41 bits per heavy atom. The Bertz CT molecular complexity index is 420. The summed E-state index contributed by atoms with van der Waals surface area (Å²) in [6.07, 6.45) is -1.33. The Hall–Kier alpha value is -2.08. The van der Waals surface area contributed by atoms with E-state index < -0.39 is 12.0 Å². The highest BCUT2D eigenvalue weighted by Crippen LogP contribution is 2.11. The van der Waals surface area contributed by atoms with Gasteiger partial charge < -0.3 is 21.3 Å². The molecule has 1 rings (SSSR count). The second kappa shape index (κ2) is 5.86. The van der Waals surface area contributed by atoms with Gasteiger partial charge in [-0.15, -0.1) is 0 Å². The molecule has 0 radical (unpaired) electrons. The molecule has 1 aromatic carbocycles. The summed E-state index contributed by atoms with van der Waals surface area (Å²) in [5.41, 5.74) is 5.46. The van der Waals surface area contributed by atoms with Gasteiger partial charge in [0.25, 0.3) is 0 Å². The smallest absolute Gasteiger partial charge is 0.248 e. The number of rotatable bonds is 5. The summed E-state index contributed by atoms with van der Waals surface area (Å²) < 4.78 is 0. The SMILES string of the molecule is NC(=O)C(O)CNC(=O)Cc1cccc(O)c1. The van der Waals surface area contributed by atoms with Crippen molar-refractivity contribution >= 4 is 11.8 Å². The zero-order valence-corrected chi connectivity index (χ0v) is 9.09. The molecule has 0 aliphatic heterocycles. The standard InChI is InChI=1S/C11H14N2O4/c12-11(17)9(15)6-13-10(16)5-7-2-1-3-8(14)4-7/h1-4,9,14-15H,5-6H2,(H2,12,17)(H,13,16). The summed E-state index contributed by atoms with van der Waals surface area (Å²) in [6, 6.07) is 6.27. The molecule has 0 saturated heterocycles. The summed E-state index contributed by atoms with van der Waals surface area (Å²) in [5, 5.41) is 20.6. The van der Waals surface area contributed by atoms with E-state index in [2.05, 4.69) is 5.32 Å². The van der Waals surface area contributed by atoms with Crippen LogP contribution in [0.2, 0.25) is 0 Å². The summed E-state index contributed by atoms with van der Waals surface area (Å²) in [6.45, 7) is -0.215. The van der Waals surface area contributed by atoms with E-state index in [9.17, 15) is 14.7 Å². The minimum atomic E-state index is -1.39. The van der Waals surface area contributed by atoms with E-state index in [4.69, 9.17) is 10.8 Å². The fourth-order valence-electron chi connectivity index (χ4n) is 1.23. The van der Waals surface area contributed by atoms with E-state index in [0.29, 0.717) is 5.56 Å². The highest BCUT2D eigenvalue weighted by atomic mass is 16.3. The minimum Gasteiger partial charge on any atom is -0.508 e. The zero-order chi connectivity index (χ0) is 12.8. The van der Waals surface area contributed by atoms with Crippen LogP contribution in [0.5, 0.6) is 5.75 Å². The second-order valence-corrected chi connectivity index (χ2v) is 3.57. The largest absolute Gasteiger partial charge is 0.508 e. The molecule has 0 aromatic heterocycles. The van der Waals surface area contributed by atoms with Crippen LogP contribution in [0, 0.1) is 0 Å². The molecular weight excluding hydrogens is 224 g/mol. The number of carbonyl (C=O) groups is 2. The first-order valence-corrected chi connectivity index (χ1v) is 5.01. The predicted molar refractivity (Wildman–Crippen MR) is 60.0 cm³/mol. The van der Waals surface area contributed by atoms with Gasteiger partial charge in [-0.25, -0.2) is 0 Å². The monoisotopic (exact) mass is 238 g/mol. The lowest BCUT2D eigenvalue weighted by atomic mass is 10.1. The molecule has 0 fully saturated rings. The van der Waals surface area contributed by atoms with Gasteiger partial charge >= 0.3 is 0 Å². The number of carbonyl (C=O) groups excluding carboxylic acids is 2. The fraction of sp³-hybridized carbons (Fsp3) is 0.273. The van der Waals surface area contributed by atoms with Crippen molar-refractivity contribution in [3.05, 3.63) is 29.8 Å². The predicted octanol–water partition coefficient (Wildman–Crippen LogP) is -1.10. The average Bonchev–Trinajstić information content (AvgIpc) is 2.25. The lowest BCUT2D eigenvalue weighted by molar-refractivity contribution is -0.126. The van der Waals surface area contributed by atoms with E-state index in [1.165, 1.54) is 12.1 Å². The molecule has 1 atom stereocenters. The van der Waals surface area contributed by atoms with Gasteiger partial charge in [-0.2, -0.15) is 0 Å². The molecule has 0 aliphatic rings. The number of hydrogen-bond acceptors (Lipinski definition) is 4. The number of aliphatic hydroxyl groups excluding tert-OH is 1. The van der Waals surface area contributed by atoms with Crippen LogP contribution in [0.3, 0.4) is 0 Å². The first-order valence-electron chi connectivity index (χ1n) is 5.01. The number of benzene rings is 1. The molecule has 5 N–H and O–H groups in total. The van der Waals surface area contributed by atoms with Crippen LogP contribution in [0.25, 0.3) is 0 Å².